The lowest BCUT2D eigenvalue weighted by Gasteiger charge is -2.22. The van der Waals surface area contributed by atoms with Crippen molar-refractivity contribution in [2.45, 2.75) is 0 Å². The van der Waals surface area contributed by atoms with E-state index in [4.69, 9.17) is 5.11 Å². The molecule has 1 aliphatic rings. The Morgan fingerprint density at radius 1 is 1.59 bits per heavy atom. The second kappa shape index (κ2) is 6.29. The summed E-state index contributed by atoms with van der Waals surface area (Å²) in [4.78, 5) is 36.2. The minimum absolute atomic E-state index is 0.0625. The number of carbonyl (C=O) groups excluding carboxylic acids is 2. The lowest BCUT2D eigenvalue weighted by Crippen LogP contribution is -2.43. The van der Waals surface area contributed by atoms with Gasteiger partial charge in [-0.2, -0.15) is 0 Å². The fourth-order valence-corrected chi connectivity index (χ4v) is 2.28. The minimum atomic E-state index is -1.08. The van der Waals surface area contributed by atoms with Gasteiger partial charge in [0.25, 0.3) is 0 Å². The van der Waals surface area contributed by atoms with E-state index in [2.05, 4.69) is 6.58 Å². The standard InChI is InChI=1S/C10H14N2O4S/c1-2-3-11(5-10(15)16)8(13)4-12-7-17-6-9(12)14/h2H,1,3-7H2,(H,15,16). The highest BCUT2D eigenvalue weighted by Gasteiger charge is 2.25. The van der Waals surface area contributed by atoms with Crippen LogP contribution in [-0.4, -0.2) is 64.0 Å². The molecule has 0 aromatic carbocycles. The molecule has 94 valence electrons. The monoisotopic (exact) mass is 258 g/mol. The summed E-state index contributed by atoms with van der Waals surface area (Å²) in [5.41, 5.74) is 0. The van der Waals surface area contributed by atoms with Crippen molar-refractivity contribution in [3.8, 4) is 0 Å². The van der Waals surface area contributed by atoms with Crippen molar-refractivity contribution < 1.29 is 19.5 Å². The second-order valence-corrected chi connectivity index (χ2v) is 4.48. The van der Waals surface area contributed by atoms with Crippen LogP contribution in [-0.2, 0) is 14.4 Å². The Bertz CT molecular complexity index is 345. The third-order valence-corrected chi connectivity index (χ3v) is 3.13. The van der Waals surface area contributed by atoms with E-state index in [9.17, 15) is 14.4 Å². The Morgan fingerprint density at radius 3 is 2.76 bits per heavy atom. The summed E-state index contributed by atoms with van der Waals surface area (Å²) < 4.78 is 0. The van der Waals surface area contributed by atoms with Crippen molar-refractivity contribution in [3.63, 3.8) is 0 Å². The zero-order valence-corrected chi connectivity index (χ0v) is 10.1. The molecular weight excluding hydrogens is 244 g/mol. The molecule has 6 nitrogen and oxygen atoms in total. The lowest BCUT2D eigenvalue weighted by atomic mass is 10.4. The Balaban J connectivity index is 2.54. The number of rotatable bonds is 6. The highest BCUT2D eigenvalue weighted by atomic mass is 32.2. The molecule has 0 atom stereocenters. The highest BCUT2D eigenvalue weighted by Crippen LogP contribution is 2.14. The summed E-state index contributed by atoms with van der Waals surface area (Å²) in [5.74, 6) is -0.671. The summed E-state index contributed by atoms with van der Waals surface area (Å²) >= 11 is 1.44. The van der Waals surface area contributed by atoms with Gasteiger partial charge in [-0.3, -0.25) is 14.4 Å². The maximum atomic E-state index is 11.8. The van der Waals surface area contributed by atoms with Crippen LogP contribution in [0.1, 0.15) is 0 Å². The number of carbonyl (C=O) groups is 3. The molecule has 0 unspecified atom stereocenters. The largest absolute Gasteiger partial charge is 0.480 e. The van der Waals surface area contributed by atoms with Crippen LogP contribution in [0.4, 0.5) is 0 Å². The third kappa shape index (κ3) is 4.10. The van der Waals surface area contributed by atoms with Crippen LogP contribution < -0.4 is 0 Å². The number of carboxylic acids is 1. The van der Waals surface area contributed by atoms with Gasteiger partial charge in [-0.15, -0.1) is 18.3 Å². The number of amides is 2. The van der Waals surface area contributed by atoms with Gasteiger partial charge in [-0.05, 0) is 0 Å². The Labute approximate surface area is 103 Å². The van der Waals surface area contributed by atoms with Gasteiger partial charge in [0.1, 0.15) is 13.1 Å². The Morgan fingerprint density at radius 2 is 2.29 bits per heavy atom. The first-order chi connectivity index (χ1) is 8.04. The average molecular weight is 258 g/mol. The van der Waals surface area contributed by atoms with Crippen molar-refractivity contribution in [1.29, 1.82) is 0 Å². The highest BCUT2D eigenvalue weighted by molar-refractivity contribution is 8.00. The van der Waals surface area contributed by atoms with E-state index >= 15 is 0 Å². The van der Waals surface area contributed by atoms with Crippen molar-refractivity contribution in [3.05, 3.63) is 12.7 Å². The first kappa shape index (κ1) is 13.6. The summed E-state index contributed by atoms with van der Waals surface area (Å²) in [6.07, 6.45) is 1.46. The van der Waals surface area contributed by atoms with Gasteiger partial charge < -0.3 is 14.9 Å². The number of hydrogen-bond donors (Lipinski definition) is 1. The molecule has 0 aromatic rings. The zero-order valence-electron chi connectivity index (χ0n) is 9.29. The molecular formula is C10H14N2O4S. The van der Waals surface area contributed by atoms with E-state index in [0.29, 0.717) is 11.6 Å². The predicted octanol–water partition coefficient (Wildman–Crippen LogP) is -0.381. The number of aliphatic carboxylic acids is 1. The van der Waals surface area contributed by atoms with Crippen LogP contribution in [0.2, 0.25) is 0 Å². The maximum Gasteiger partial charge on any atom is 0.323 e. The van der Waals surface area contributed by atoms with Crippen molar-refractivity contribution >= 4 is 29.5 Å². The molecule has 1 fully saturated rings. The fraction of sp³-hybridized carbons (Fsp3) is 0.500. The molecule has 0 aromatic heterocycles. The summed E-state index contributed by atoms with van der Waals surface area (Å²) in [6.45, 7) is 3.19. The molecule has 0 spiro atoms. The number of carboxylic acid groups (broad SMARTS) is 1. The van der Waals surface area contributed by atoms with Crippen molar-refractivity contribution in [1.82, 2.24) is 9.80 Å². The van der Waals surface area contributed by atoms with E-state index < -0.39 is 5.97 Å². The lowest BCUT2D eigenvalue weighted by molar-refractivity contribution is -0.145. The molecule has 1 saturated heterocycles. The van der Waals surface area contributed by atoms with Crippen LogP contribution in [0.25, 0.3) is 0 Å². The van der Waals surface area contributed by atoms with Gasteiger partial charge in [0.15, 0.2) is 0 Å². The van der Waals surface area contributed by atoms with Crippen LogP contribution in [0, 0.1) is 0 Å². The molecule has 0 radical (unpaired) electrons. The van der Waals surface area contributed by atoms with Crippen LogP contribution >= 0.6 is 11.8 Å². The van der Waals surface area contributed by atoms with Crippen molar-refractivity contribution in [2.75, 3.05) is 31.3 Å². The first-order valence-corrected chi connectivity index (χ1v) is 6.16. The molecule has 0 bridgehead atoms. The van der Waals surface area contributed by atoms with Crippen LogP contribution in [0.5, 0.6) is 0 Å². The third-order valence-electron chi connectivity index (χ3n) is 2.18. The van der Waals surface area contributed by atoms with E-state index in [0.717, 1.165) is 4.90 Å². The normalized spacial score (nSPS) is 14.8. The first-order valence-electron chi connectivity index (χ1n) is 5.00. The molecule has 17 heavy (non-hydrogen) atoms. The maximum absolute atomic E-state index is 11.8. The molecule has 7 heteroatoms. The molecule has 0 saturated carbocycles. The number of hydrogen-bond acceptors (Lipinski definition) is 4. The van der Waals surface area contributed by atoms with Gasteiger partial charge in [0, 0.05) is 6.54 Å². The van der Waals surface area contributed by atoms with Crippen LogP contribution in [0.15, 0.2) is 12.7 Å². The van der Waals surface area contributed by atoms with Crippen molar-refractivity contribution in [2.24, 2.45) is 0 Å². The van der Waals surface area contributed by atoms with Gasteiger partial charge in [0.2, 0.25) is 11.8 Å². The molecule has 1 aliphatic heterocycles. The van der Waals surface area contributed by atoms with E-state index in [1.807, 2.05) is 0 Å². The molecule has 1 N–H and O–H groups in total. The van der Waals surface area contributed by atoms with Crippen LogP contribution in [0.3, 0.4) is 0 Å². The predicted molar refractivity (Wildman–Crippen MR) is 63.5 cm³/mol. The quantitative estimate of drug-likeness (QED) is 0.657. The zero-order chi connectivity index (χ0) is 12.8. The van der Waals surface area contributed by atoms with E-state index in [1.54, 1.807) is 0 Å². The smallest absolute Gasteiger partial charge is 0.323 e. The van der Waals surface area contributed by atoms with Gasteiger partial charge in [0.05, 0.1) is 11.6 Å². The van der Waals surface area contributed by atoms with Gasteiger partial charge >= 0.3 is 5.97 Å². The van der Waals surface area contributed by atoms with E-state index in [-0.39, 0.29) is 31.4 Å². The summed E-state index contributed by atoms with van der Waals surface area (Å²) in [6, 6.07) is 0. The number of nitrogens with zero attached hydrogens (tertiary/aromatic N) is 2. The summed E-state index contributed by atoms with van der Waals surface area (Å²) in [5, 5.41) is 8.66. The minimum Gasteiger partial charge on any atom is -0.480 e. The van der Waals surface area contributed by atoms with Gasteiger partial charge in [-0.25, -0.2) is 0 Å². The molecule has 2 amide bonds. The second-order valence-electron chi connectivity index (χ2n) is 3.53. The van der Waals surface area contributed by atoms with E-state index in [1.165, 1.54) is 22.7 Å². The summed E-state index contributed by atoms with van der Waals surface area (Å²) in [7, 11) is 0. The topological polar surface area (TPSA) is 77.9 Å². The average Bonchev–Trinajstić information content (AvgIpc) is 2.63. The Kier molecular flexibility index (Phi) is 5.02. The fourth-order valence-electron chi connectivity index (χ4n) is 1.38. The number of thioether (sulfide) groups is 1. The molecule has 1 rings (SSSR count). The Hall–Kier alpha value is -1.50. The van der Waals surface area contributed by atoms with Gasteiger partial charge in [-0.1, -0.05) is 6.08 Å². The SMILES string of the molecule is C=CCN(CC(=O)O)C(=O)CN1CSCC1=O. The molecule has 0 aliphatic carbocycles. The molecule has 1 heterocycles.